The summed E-state index contributed by atoms with van der Waals surface area (Å²) >= 11 is 0. The molecule has 0 spiro atoms. The Morgan fingerprint density at radius 2 is 1.56 bits per heavy atom. The summed E-state index contributed by atoms with van der Waals surface area (Å²) in [5.74, 6) is 0.948. The number of aliphatic hydroxyl groups is 4. The molecule has 1 aliphatic heterocycles. The van der Waals surface area contributed by atoms with E-state index in [1.807, 2.05) is 6.92 Å². The van der Waals surface area contributed by atoms with Crippen LogP contribution in [0.3, 0.4) is 0 Å². The van der Waals surface area contributed by atoms with Gasteiger partial charge in [-0.3, -0.25) is 4.79 Å². The second-order valence-electron chi connectivity index (χ2n) is 13.3. The fourth-order valence-electron chi connectivity index (χ4n) is 8.95. The molecule has 4 aliphatic rings. The summed E-state index contributed by atoms with van der Waals surface area (Å²) in [5, 5.41) is 42.9. The summed E-state index contributed by atoms with van der Waals surface area (Å²) in [5.41, 5.74) is -0.345. The smallest absolute Gasteiger partial charge is 0.309 e. The number of carbonyl (C=O) groups excluding carboxylic acids is 1. The fourth-order valence-corrected chi connectivity index (χ4v) is 8.95. The Morgan fingerprint density at radius 3 is 2.21 bits per heavy atom. The Bertz CT molecular complexity index is 755. The molecule has 6 heteroatoms. The van der Waals surface area contributed by atoms with Crippen LogP contribution in [0.25, 0.3) is 0 Å². The third kappa shape index (κ3) is 4.05. The lowest BCUT2D eigenvalue weighted by molar-refractivity contribution is -0.162. The van der Waals surface area contributed by atoms with Crippen LogP contribution in [0.15, 0.2) is 0 Å². The number of carbonyl (C=O) groups is 1. The highest BCUT2D eigenvalue weighted by Gasteiger charge is 2.63. The number of ether oxygens (including phenoxy) is 1. The van der Waals surface area contributed by atoms with E-state index in [0.29, 0.717) is 30.8 Å². The highest BCUT2D eigenvalue weighted by molar-refractivity contribution is 5.74. The van der Waals surface area contributed by atoms with Crippen LogP contribution in [0.2, 0.25) is 0 Å². The molecule has 0 aromatic rings. The summed E-state index contributed by atoms with van der Waals surface area (Å²) in [6.45, 7) is 13.2. The predicted octanol–water partition coefficient (Wildman–Crippen LogP) is 3.39. The zero-order chi connectivity index (χ0) is 25.2. The van der Waals surface area contributed by atoms with Gasteiger partial charge in [0.15, 0.2) is 0 Å². The second kappa shape index (κ2) is 9.32. The first-order valence-electron chi connectivity index (χ1n) is 13.7. The molecule has 0 amide bonds. The van der Waals surface area contributed by atoms with Gasteiger partial charge >= 0.3 is 5.97 Å². The van der Waals surface area contributed by atoms with Crippen molar-refractivity contribution >= 4 is 5.97 Å². The molecule has 4 fully saturated rings. The molecule has 6 nitrogen and oxygen atoms in total. The largest absolute Gasteiger partial charge is 0.465 e. The third-order valence-electron chi connectivity index (χ3n) is 11.5. The van der Waals surface area contributed by atoms with E-state index < -0.39 is 24.4 Å². The van der Waals surface area contributed by atoms with Gasteiger partial charge in [-0.1, -0.05) is 41.5 Å². The molecule has 3 aliphatic carbocycles. The monoisotopic (exact) mass is 480 g/mol. The number of hydrogen-bond acceptors (Lipinski definition) is 6. The van der Waals surface area contributed by atoms with Crippen molar-refractivity contribution in [2.45, 2.75) is 104 Å². The summed E-state index contributed by atoms with van der Waals surface area (Å²) < 4.78 is 5.86. The first kappa shape index (κ1) is 26.4. The molecule has 2 unspecified atom stereocenters. The molecule has 0 radical (unpaired) electrons. The highest BCUT2D eigenvalue weighted by Crippen LogP contribution is 2.66. The van der Waals surface area contributed by atoms with Crippen molar-refractivity contribution in [2.24, 2.45) is 58.2 Å². The fraction of sp³-hybridized carbons (Fsp3) is 0.964. The normalized spacial score (nSPS) is 48.1. The SMILES string of the molecule is CC(C)[C@@H](C)[C@@H](O)[C@H](O)[C@@H](C)[C@H]1CCC2[C@@H]3COC(=O)[C@@H]4C[C@H](O)C(O)C[C@@]4(C)[C@H]3CC[C@]21C. The van der Waals surface area contributed by atoms with Gasteiger partial charge in [-0.2, -0.15) is 0 Å². The van der Waals surface area contributed by atoms with Gasteiger partial charge in [0.25, 0.3) is 0 Å². The van der Waals surface area contributed by atoms with E-state index in [9.17, 15) is 25.2 Å². The van der Waals surface area contributed by atoms with E-state index in [4.69, 9.17) is 4.74 Å². The average molecular weight is 481 g/mol. The predicted molar refractivity (Wildman–Crippen MR) is 130 cm³/mol. The van der Waals surface area contributed by atoms with Gasteiger partial charge in [-0.15, -0.1) is 0 Å². The van der Waals surface area contributed by atoms with Crippen molar-refractivity contribution in [3.63, 3.8) is 0 Å². The Labute approximate surface area is 205 Å². The molecule has 34 heavy (non-hydrogen) atoms. The third-order valence-corrected chi connectivity index (χ3v) is 11.5. The van der Waals surface area contributed by atoms with E-state index in [0.717, 1.165) is 25.7 Å². The van der Waals surface area contributed by atoms with E-state index in [1.54, 1.807) is 0 Å². The summed E-state index contributed by atoms with van der Waals surface area (Å²) in [6, 6.07) is 0. The topological polar surface area (TPSA) is 107 Å². The molecule has 196 valence electrons. The van der Waals surface area contributed by atoms with Gasteiger partial charge in [-0.05, 0) is 90.8 Å². The maximum atomic E-state index is 13.0. The van der Waals surface area contributed by atoms with Gasteiger partial charge in [0, 0.05) is 0 Å². The average Bonchev–Trinajstić information content (AvgIpc) is 3.09. The number of fused-ring (bicyclic) bond motifs is 5. The van der Waals surface area contributed by atoms with Crippen molar-refractivity contribution in [1.29, 1.82) is 0 Å². The van der Waals surface area contributed by atoms with Crippen LogP contribution in [0.1, 0.15) is 80.1 Å². The van der Waals surface area contributed by atoms with Crippen molar-refractivity contribution < 1.29 is 30.0 Å². The summed E-state index contributed by atoms with van der Waals surface area (Å²) in [6.07, 6.45) is 1.61. The molecule has 4 N–H and O–H groups in total. The van der Waals surface area contributed by atoms with Crippen LogP contribution in [0, 0.1) is 58.2 Å². The van der Waals surface area contributed by atoms with Crippen molar-refractivity contribution in [3.8, 4) is 0 Å². The van der Waals surface area contributed by atoms with Crippen molar-refractivity contribution in [1.82, 2.24) is 0 Å². The molecule has 3 saturated carbocycles. The zero-order valence-corrected chi connectivity index (χ0v) is 22.0. The minimum Gasteiger partial charge on any atom is -0.465 e. The standard InChI is InChI=1S/C28H48O6/c1-14(2)15(3)24(31)25(32)16(4)18-7-8-19-17-13-34-26(33)21-11-22(29)23(30)12-28(21,6)20(17)9-10-27(18,19)5/h14-25,29-32H,7-13H2,1-6H3/t15-,16+,17+,18-,19?,20+,21+,22+,23?,24-,25-,27+,28+/m1/s1. The lowest BCUT2D eigenvalue weighted by Gasteiger charge is -2.56. The van der Waals surface area contributed by atoms with E-state index >= 15 is 0 Å². The molecule has 0 bridgehead atoms. The van der Waals surface area contributed by atoms with Crippen LogP contribution < -0.4 is 0 Å². The summed E-state index contributed by atoms with van der Waals surface area (Å²) in [4.78, 5) is 13.0. The Balaban J connectivity index is 1.58. The van der Waals surface area contributed by atoms with Crippen molar-refractivity contribution in [3.05, 3.63) is 0 Å². The molecule has 0 aromatic heterocycles. The first-order chi connectivity index (χ1) is 15.8. The van der Waals surface area contributed by atoms with Gasteiger partial charge in [0.2, 0.25) is 0 Å². The lowest BCUT2D eigenvalue weighted by Crippen LogP contribution is -2.55. The van der Waals surface area contributed by atoms with Gasteiger partial charge in [0.05, 0.1) is 36.9 Å². The Kier molecular flexibility index (Phi) is 7.23. The highest BCUT2D eigenvalue weighted by atomic mass is 16.5. The van der Waals surface area contributed by atoms with E-state index in [2.05, 4.69) is 34.6 Å². The van der Waals surface area contributed by atoms with Crippen LogP contribution in [-0.2, 0) is 9.53 Å². The molecule has 13 atom stereocenters. The molecular formula is C28H48O6. The maximum absolute atomic E-state index is 13.0. The number of rotatable bonds is 5. The molecule has 1 saturated heterocycles. The summed E-state index contributed by atoms with van der Waals surface area (Å²) in [7, 11) is 0. The molecular weight excluding hydrogens is 432 g/mol. The first-order valence-corrected chi connectivity index (χ1v) is 13.7. The number of hydrogen-bond donors (Lipinski definition) is 4. The Morgan fingerprint density at radius 1 is 0.912 bits per heavy atom. The minimum absolute atomic E-state index is 0.00827. The van der Waals surface area contributed by atoms with E-state index in [1.165, 1.54) is 0 Å². The van der Waals surface area contributed by atoms with Gasteiger partial charge < -0.3 is 25.2 Å². The second-order valence-corrected chi connectivity index (χ2v) is 13.3. The Hall–Kier alpha value is -0.690. The molecule has 1 heterocycles. The quantitative estimate of drug-likeness (QED) is 0.450. The van der Waals surface area contributed by atoms with E-state index in [-0.39, 0.29) is 52.8 Å². The van der Waals surface area contributed by atoms with Crippen LogP contribution in [0.5, 0.6) is 0 Å². The van der Waals surface area contributed by atoms with Gasteiger partial charge in [0.1, 0.15) is 0 Å². The van der Waals surface area contributed by atoms with Gasteiger partial charge in [-0.25, -0.2) is 0 Å². The maximum Gasteiger partial charge on any atom is 0.309 e. The molecule has 4 rings (SSSR count). The minimum atomic E-state index is -0.867. The lowest BCUT2D eigenvalue weighted by atomic mass is 9.48. The van der Waals surface area contributed by atoms with Crippen LogP contribution in [-0.4, -0.2) is 57.4 Å². The number of esters is 1. The van der Waals surface area contributed by atoms with Crippen LogP contribution >= 0.6 is 0 Å². The molecule has 0 aromatic carbocycles. The van der Waals surface area contributed by atoms with Crippen LogP contribution in [0.4, 0.5) is 0 Å². The van der Waals surface area contributed by atoms with Crippen molar-refractivity contribution in [2.75, 3.05) is 6.61 Å². The zero-order valence-electron chi connectivity index (χ0n) is 22.0. The number of aliphatic hydroxyl groups excluding tert-OH is 4. The number of cyclic esters (lactones) is 1.